The first kappa shape index (κ1) is 15.7. The molecule has 0 saturated carbocycles. The second-order valence-electron chi connectivity index (χ2n) is 4.80. The van der Waals surface area contributed by atoms with Crippen LogP contribution < -0.4 is 5.32 Å². The summed E-state index contributed by atoms with van der Waals surface area (Å²) in [6, 6.07) is 8.35. The molecule has 1 aromatic carbocycles. The van der Waals surface area contributed by atoms with Gasteiger partial charge in [0.15, 0.2) is 0 Å². The van der Waals surface area contributed by atoms with Gasteiger partial charge in [0.25, 0.3) is 5.91 Å². The van der Waals surface area contributed by atoms with E-state index in [0.29, 0.717) is 23.9 Å². The van der Waals surface area contributed by atoms with E-state index in [2.05, 4.69) is 16.9 Å². The summed E-state index contributed by atoms with van der Waals surface area (Å²) in [6.45, 7) is 3.62. The maximum absolute atomic E-state index is 12.5. The molecule has 1 N–H and O–H groups in total. The van der Waals surface area contributed by atoms with Crippen LogP contribution in [-0.2, 0) is 9.53 Å². The van der Waals surface area contributed by atoms with E-state index in [9.17, 15) is 9.59 Å². The molecule has 5 heteroatoms. The van der Waals surface area contributed by atoms with Crippen molar-refractivity contribution < 1.29 is 14.3 Å². The van der Waals surface area contributed by atoms with E-state index in [-0.39, 0.29) is 5.91 Å². The van der Waals surface area contributed by atoms with Crippen LogP contribution in [0.25, 0.3) is 10.9 Å². The van der Waals surface area contributed by atoms with E-state index >= 15 is 0 Å². The number of aromatic nitrogens is 1. The van der Waals surface area contributed by atoms with E-state index < -0.39 is 12.0 Å². The number of hydrogen-bond acceptors (Lipinski definition) is 4. The quantitative estimate of drug-likeness (QED) is 0.657. The molecule has 0 spiro atoms. The molecule has 0 saturated heterocycles. The van der Waals surface area contributed by atoms with Crippen LogP contribution in [-0.4, -0.2) is 30.0 Å². The Labute approximate surface area is 129 Å². The van der Waals surface area contributed by atoms with Crippen molar-refractivity contribution in [2.24, 2.45) is 0 Å². The van der Waals surface area contributed by atoms with Crippen LogP contribution >= 0.6 is 0 Å². The molecule has 1 amide bonds. The Bertz CT molecular complexity index is 692. The van der Waals surface area contributed by atoms with Crippen LogP contribution in [0.5, 0.6) is 0 Å². The number of nitrogens with zero attached hydrogens (tertiary/aromatic N) is 1. The topological polar surface area (TPSA) is 68.3 Å². The lowest BCUT2D eigenvalue weighted by Crippen LogP contribution is -2.41. The van der Waals surface area contributed by atoms with Crippen molar-refractivity contribution >= 4 is 22.8 Å². The Balaban J connectivity index is 2.25. The van der Waals surface area contributed by atoms with Crippen molar-refractivity contribution in [3.8, 4) is 0 Å². The Kier molecular flexibility index (Phi) is 5.25. The molecular weight excluding hydrogens is 280 g/mol. The number of pyridine rings is 1. The van der Waals surface area contributed by atoms with Gasteiger partial charge in [-0.1, -0.05) is 24.3 Å². The van der Waals surface area contributed by atoms with Crippen LogP contribution in [0, 0.1) is 0 Å². The predicted octanol–water partition coefficient (Wildman–Crippen LogP) is 2.47. The number of nitrogens with one attached hydrogen (secondary N) is 1. The van der Waals surface area contributed by atoms with E-state index in [1.165, 1.54) is 7.11 Å². The van der Waals surface area contributed by atoms with Crippen molar-refractivity contribution in [2.75, 3.05) is 7.11 Å². The molecule has 1 heterocycles. The Morgan fingerprint density at radius 2 is 2.14 bits per heavy atom. The fraction of sp³-hybridized carbons (Fsp3) is 0.235. The minimum atomic E-state index is -0.700. The monoisotopic (exact) mass is 298 g/mol. The summed E-state index contributed by atoms with van der Waals surface area (Å²) in [5.74, 6) is -0.813. The minimum Gasteiger partial charge on any atom is -0.467 e. The smallest absolute Gasteiger partial charge is 0.328 e. The zero-order valence-corrected chi connectivity index (χ0v) is 12.4. The number of benzene rings is 1. The van der Waals surface area contributed by atoms with Gasteiger partial charge in [0, 0.05) is 11.6 Å². The van der Waals surface area contributed by atoms with Crippen LogP contribution in [0.15, 0.2) is 49.2 Å². The van der Waals surface area contributed by atoms with Crippen molar-refractivity contribution in [1.82, 2.24) is 10.3 Å². The molecule has 0 aliphatic carbocycles. The van der Waals surface area contributed by atoms with Gasteiger partial charge < -0.3 is 10.1 Å². The van der Waals surface area contributed by atoms with Crippen LogP contribution in [0.3, 0.4) is 0 Å². The average Bonchev–Trinajstić information content (AvgIpc) is 2.57. The predicted molar refractivity (Wildman–Crippen MR) is 84.4 cm³/mol. The zero-order chi connectivity index (χ0) is 15.9. The number of amides is 1. The number of methoxy groups -OCH3 is 1. The van der Waals surface area contributed by atoms with Gasteiger partial charge in [0.2, 0.25) is 0 Å². The maximum Gasteiger partial charge on any atom is 0.328 e. The fourth-order valence-electron chi connectivity index (χ4n) is 2.20. The highest BCUT2D eigenvalue weighted by Crippen LogP contribution is 2.16. The molecular formula is C17H18N2O3. The molecule has 0 fully saturated rings. The molecule has 1 atom stereocenters. The van der Waals surface area contributed by atoms with E-state index in [4.69, 9.17) is 4.74 Å². The fourth-order valence-corrected chi connectivity index (χ4v) is 2.20. The molecule has 2 rings (SSSR count). The zero-order valence-electron chi connectivity index (χ0n) is 12.4. The van der Waals surface area contributed by atoms with Gasteiger partial charge in [-0.05, 0) is 25.0 Å². The van der Waals surface area contributed by atoms with Crippen molar-refractivity contribution in [3.63, 3.8) is 0 Å². The van der Waals surface area contributed by atoms with Gasteiger partial charge in [-0.3, -0.25) is 9.78 Å². The SMILES string of the molecule is C=CCC[C@H](NC(=O)c1cccc2cccnc12)C(=O)OC. The summed E-state index contributed by atoms with van der Waals surface area (Å²) in [6.07, 6.45) is 4.38. The highest BCUT2D eigenvalue weighted by Gasteiger charge is 2.22. The van der Waals surface area contributed by atoms with Crippen LogP contribution in [0.1, 0.15) is 23.2 Å². The number of hydrogen-bond donors (Lipinski definition) is 1. The first-order chi connectivity index (χ1) is 10.7. The molecule has 0 aliphatic heterocycles. The molecule has 22 heavy (non-hydrogen) atoms. The third-order valence-corrected chi connectivity index (χ3v) is 3.33. The van der Waals surface area contributed by atoms with E-state index in [0.717, 1.165) is 5.39 Å². The first-order valence-corrected chi connectivity index (χ1v) is 7.00. The second kappa shape index (κ2) is 7.36. The van der Waals surface area contributed by atoms with Crippen LogP contribution in [0.4, 0.5) is 0 Å². The third kappa shape index (κ3) is 3.49. The summed E-state index contributed by atoms with van der Waals surface area (Å²) >= 11 is 0. The summed E-state index contributed by atoms with van der Waals surface area (Å²) < 4.78 is 4.73. The number of rotatable bonds is 6. The van der Waals surface area contributed by atoms with Crippen molar-refractivity contribution in [1.29, 1.82) is 0 Å². The molecule has 1 aromatic heterocycles. The lowest BCUT2D eigenvalue weighted by Gasteiger charge is -2.16. The number of esters is 1. The number of fused-ring (bicyclic) bond motifs is 1. The molecule has 0 bridgehead atoms. The Morgan fingerprint density at radius 1 is 1.36 bits per heavy atom. The first-order valence-electron chi connectivity index (χ1n) is 7.00. The van der Waals surface area contributed by atoms with Crippen molar-refractivity contribution in [2.45, 2.75) is 18.9 Å². The summed E-state index contributed by atoms with van der Waals surface area (Å²) in [4.78, 5) is 28.5. The number of allylic oxidation sites excluding steroid dienone is 1. The van der Waals surface area contributed by atoms with Gasteiger partial charge in [0.05, 0.1) is 18.2 Å². The molecule has 114 valence electrons. The highest BCUT2D eigenvalue weighted by atomic mass is 16.5. The number of carbonyl (C=O) groups excluding carboxylic acids is 2. The molecule has 0 radical (unpaired) electrons. The number of para-hydroxylation sites is 1. The Morgan fingerprint density at radius 3 is 2.86 bits per heavy atom. The van der Waals surface area contributed by atoms with Gasteiger partial charge in [-0.15, -0.1) is 6.58 Å². The molecule has 2 aromatic rings. The van der Waals surface area contributed by atoms with Gasteiger partial charge in [0.1, 0.15) is 6.04 Å². The lowest BCUT2D eigenvalue weighted by atomic mass is 10.1. The number of ether oxygens (including phenoxy) is 1. The largest absolute Gasteiger partial charge is 0.467 e. The number of carbonyl (C=O) groups is 2. The normalized spacial score (nSPS) is 11.7. The summed E-state index contributed by atoms with van der Waals surface area (Å²) in [7, 11) is 1.30. The molecule has 0 aliphatic rings. The van der Waals surface area contributed by atoms with Gasteiger partial charge in [-0.2, -0.15) is 0 Å². The van der Waals surface area contributed by atoms with Gasteiger partial charge in [-0.25, -0.2) is 4.79 Å². The molecule has 0 unspecified atom stereocenters. The Hall–Kier alpha value is -2.69. The summed E-state index contributed by atoms with van der Waals surface area (Å²) in [5, 5.41) is 3.58. The minimum absolute atomic E-state index is 0.344. The van der Waals surface area contributed by atoms with E-state index in [1.807, 2.05) is 18.2 Å². The van der Waals surface area contributed by atoms with Gasteiger partial charge >= 0.3 is 5.97 Å². The third-order valence-electron chi connectivity index (χ3n) is 3.33. The highest BCUT2D eigenvalue weighted by molar-refractivity contribution is 6.06. The molecule has 5 nitrogen and oxygen atoms in total. The second-order valence-corrected chi connectivity index (χ2v) is 4.80. The standard InChI is InChI=1S/C17H18N2O3/c1-3-4-10-14(17(21)22-2)19-16(20)13-9-5-7-12-8-6-11-18-15(12)13/h3,5-9,11,14H,1,4,10H2,2H3,(H,19,20)/t14-/m0/s1. The maximum atomic E-state index is 12.5. The van der Waals surface area contributed by atoms with E-state index in [1.54, 1.807) is 24.4 Å². The lowest BCUT2D eigenvalue weighted by molar-refractivity contribution is -0.143. The van der Waals surface area contributed by atoms with Crippen molar-refractivity contribution in [3.05, 3.63) is 54.7 Å². The summed E-state index contributed by atoms with van der Waals surface area (Å²) in [5.41, 5.74) is 1.04. The van der Waals surface area contributed by atoms with Crippen LogP contribution in [0.2, 0.25) is 0 Å². The average molecular weight is 298 g/mol.